The summed E-state index contributed by atoms with van der Waals surface area (Å²) < 4.78 is 13.1. The fourth-order valence-corrected chi connectivity index (χ4v) is 1.43. The Morgan fingerprint density at radius 1 is 1.50 bits per heavy atom. The second-order valence-corrected chi connectivity index (χ2v) is 4.35. The van der Waals surface area contributed by atoms with Gasteiger partial charge in [-0.2, -0.15) is 0 Å². The quantitative estimate of drug-likeness (QED) is 0.683. The molecule has 0 fully saturated rings. The van der Waals surface area contributed by atoms with Crippen LogP contribution in [0.1, 0.15) is 17.3 Å². The highest BCUT2D eigenvalue weighted by atomic mass is 35.5. The van der Waals surface area contributed by atoms with Crippen LogP contribution in [0.3, 0.4) is 0 Å². The topological polar surface area (TPSA) is 61.4 Å². The van der Waals surface area contributed by atoms with Gasteiger partial charge in [0.1, 0.15) is 5.82 Å². The van der Waals surface area contributed by atoms with Crippen LogP contribution in [0.15, 0.2) is 18.2 Å². The van der Waals surface area contributed by atoms with E-state index in [-0.39, 0.29) is 16.5 Å². The largest absolute Gasteiger partial charge is 0.392 e. The molecule has 0 heterocycles. The van der Waals surface area contributed by atoms with Crippen molar-refractivity contribution in [1.82, 2.24) is 10.6 Å². The van der Waals surface area contributed by atoms with Crippen LogP contribution in [0.2, 0.25) is 5.02 Å². The Hall–Kier alpha value is -1.17. The number of carbonyl (C=O) groups excluding carboxylic acids is 1. The lowest BCUT2D eigenvalue weighted by molar-refractivity contribution is 0.0953. The molecule has 1 rings (SSSR count). The SMILES string of the molecule is CC(O)CNCCNC(=O)c1ccc(Cl)c(F)c1. The second kappa shape index (κ2) is 7.31. The highest BCUT2D eigenvalue weighted by Crippen LogP contribution is 2.15. The molecule has 6 heteroatoms. The van der Waals surface area contributed by atoms with Crippen molar-refractivity contribution in [3.63, 3.8) is 0 Å². The number of benzene rings is 1. The molecule has 0 radical (unpaired) electrons. The molecule has 3 N–H and O–H groups in total. The summed E-state index contributed by atoms with van der Waals surface area (Å²) in [5, 5.41) is 14.6. The van der Waals surface area contributed by atoms with Crippen LogP contribution in [-0.4, -0.2) is 36.8 Å². The summed E-state index contributed by atoms with van der Waals surface area (Å²) in [5.41, 5.74) is 0.229. The van der Waals surface area contributed by atoms with Crippen LogP contribution >= 0.6 is 11.6 Å². The Balaban J connectivity index is 2.34. The molecular weight excluding hydrogens is 259 g/mol. The van der Waals surface area contributed by atoms with E-state index in [1.165, 1.54) is 12.1 Å². The fourth-order valence-electron chi connectivity index (χ4n) is 1.31. The first kappa shape index (κ1) is 14.9. The van der Waals surface area contributed by atoms with Gasteiger partial charge in [0.15, 0.2) is 0 Å². The molecule has 0 saturated carbocycles. The number of amides is 1. The molecular formula is C12H16ClFN2O2. The van der Waals surface area contributed by atoms with Gasteiger partial charge in [-0.15, -0.1) is 0 Å². The summed E-state index contributed by atoms with van der Waals surface area (Å²) in [5.74, 6) is -0.971. The number of hydrogen-bond acceptors (Lipinski definition) is 3. The molecule has 0 aliphatic carbocycles. The molecule has 1 aromatic rings. The Kier molecular flexibility index (Phi) is 6.04. The molecule has 1 aromatic carbocycles. The standard InChI is InChI=1S/C12H16ClFN2O2/c1-8(17)7-15-4-5-16-12(18)9-2-3-10(13)11(14)6-9/h2-3,6,8,15,17H,4-5,7H2,1H3,(H,16,18). The molecule has 1 amide bonds. The van der Waals surface area contributed by atoms with Crippen molar-refractivity contribution in [2.45, 2.75) is 13.0 Å². The Bertz CT molecular complexity index is 413. The molecule has 1 atom stereocenters. The van der Waals surface area contributed by atoms with Gasteiger partial charge in [0.05, 0.1) is 11.1 Å². The molecule has 4 nitrogen and oxygen atoms in total. The predicted molar refractivity (Wildman–Crippen MR) is 68.3 cm³/mol. The van der Waals surface area contributed by atoms with Crippen LogP contribution in [0.4, 0.5) is 4.39 Å². The number of halogens is 2. The average Bonchev–Trinajstić information content (AvgIpc) is 2.31. The lowest BCUT2D eigenvalue weighted by atomic mass is 10.2. The van der Waals surface area contributed by atoms with Gasteiger partial charge < -0.3 is 15.7 Å². The molecule has 18 heavy (non-hydrogen) atoms. The van der Waals surface area contributed by atoms with Gasteiger partial charge >= 0.3 is 0 Å². The maximum Gasteiger partial charge on any atom is 0.251 e. The van der Waals surface area contributed by atoms with Gasteiger partial charge in [-0.05, 0) is 25.1 Å². The number of nitrogens with one attached hydrogen (secondary N) is 2. The van der Waals surface area contributed by atoms with Gasteiger partial charge in [0.2, 0.25) is 0 Å². The number of hydrogen-bond donors (Lipinski definition) is 3. The monoisotopic (exact) mass is 274 g/mol. The van der Waals surface area contributed by atoms with Crippen molar-refractivity contribution in [3.8, 4) is 0 Å². The van der Waals surface area contributed by atoms with Crippen molar-refractivity contribution >= 4 is 17.5 Å². The van der Waals surface area contributed by atoms with Gasteiger partial charge in [0, 0.05) is 25.2 Å². The van der Waals surface area contributed by atoms with E-state index in [1.54, 1.807) is 6.92 Å². The molecule has 100 valence electrons. The number of rotatable bonds is 6. The first-order chi connectivity index (χ1) is 8.50. The predicted octanol–water partition coefficient (Wildman–Crippen LogP) is 1.18. The van der Waals surface area contributed by atoms with Gasteiger partial charge in [-0.25, -0.2) is 4.39 Å². The zero-order valence-corrected chi connectivity index (χ0v) is 10.8. The average molecular weight is 275 g/mol. The van der Waals surface area contributed by atoms with E-state index in [0.29, 0.717) is 19.6 Å². The third kappa shape index (κ3) is 5.00. The van der Waals surface area contributed by atoms with Crippen molar-refractivity contribution in [3.05, 3.63) is 34.6 Å². The van der Waals surface area contributed by atoms with E-state index in [9.17, 15) is 9.18 Å². The minimum Gasteiger partial charge on any atom is -0.392 e. The number of aliphatic hydroxyl groups is 1. The first-order valence-electron chi connectivity index (χ1n) is 5.62. The number of aliphatic hydroxyl groups excluding tert-OH is 1. The zero-order valence-electron chi connectivity index (χ0n) is 10.0. The zero-order chi connectivity index (χ0) is 13.5. The Morgan fingerprint density at radius 3 is 2.83 bits per heavy atom. The van der Waals surface area contributed by atoms with Crippen molar-refractivity contribution in [1.29, 1.82) is 0 Å². The highest BCUT2D eigenvalue weighted by molar-refractivity contribution is 6.30. The van der Waals surface area contributed by atoms with Gasteiger partial charge in [0.25, 0.3) is 5.91 Å². The van der Waals surface area contributed by atoms with E-state index in [4.69, 9.17) is 16.7 Å². The Morgan fingerprint density at radius 2 is 2.22 bits per heavy atom. The first-order valence-corrected chi connectivity index (χ1v) is 6.00. The lowest BCUT2D eigenvalue weighted by Gasteiger charge is -2.08. The molecule has 0 aliphatic rings. The van der Waals surface area contributed by atoms with E-state index in [0.717, 1.165) is 6.07 Å². The maximum atomic E-state index is 13.1. The minimum atomic E-state index is -0.614. The second-order valence-electron chi connectivity index (χ2n) is 3.94. The van der Waals surface area contributed by atoms with Crippen LogP contribution in [0.5, 0.6) is 0 Å². The third-order valence-corrected chi connectivity index (χ3v) is 2.52. The highest BCUT2D eigenvalue weighted by Gasteiger charge is 2.08. The molecule has 0 saturated heterocycles. The minimum absolute atomic E-state index is 0.00912. The van der Waals surface area contributed by atoms with E-state index < -0.39 is 11.9 Å². The van der Waals surface area contributed by atoms with Gasteiger partial charge in [-0.3, -0.25) is 4.79 Å². The molecule has 0 aromatic heterocycles. The summed E-state index contributed by atoms with van der Waals surface area (Å²) in [7, 11) is 0. The summed E-state index contributed by atoms with van der Waals surface area (Å²) in [4.78, 5) is 11.6. The number of carbonyl (C=O) groups is 1. The summed E-state index contributed by atoms with van der Waals surface area (Å²) in [6, 6.07) is 3.91. The van der Waals surface area contributed by atoms with Gasteiger partial charge in [-0.1, -0.05) is 11.6 Å². The van der Waals surface area contributed by atoms with E-state index in [2.05, 4.69) is 10.6 Å². The summed E-state index contributed by atoms with van der Waals surface area (Å²) in [6.45, 7) is 3.07. The van der Waals surface area contributed by atoms with E-state index in [1.807, 2.05) is 0 Å². The summed E-state index contributed by atoms with van der Waals surface area (Å²) in [6.07, 6.45) is -0.425. The van der Waals surface area contributed by atoms with Crippen molar-refractivity contribution in [2.75, 3.05) is 19.6 Å². The molecule has 0 bridgehead atoms. The lowest BCUT2D eigenvalue weighted by Crippen LogP contribution is -2.34. The maximum absolute atomic E-state index is 13.1. The van der Waals surface area contributed by atoms with Crippen molar-refractivity contribution in [2.24, 2.45) is 0 Å². The van der Waals surface area contributed by atoms with Crippen LogP contribution in [0.25, 0.3) is 0 Å². The Labute approximate surface area is 110 Å². The summed E-state index contributed by atoms with van der Waals surface area (Å²) >= 11 is 5.52. The van der Waals surface area contributed by atoms with Crippen LogP contribution in [-0.2, 0) is 0 Å². The van der Waals surface area contributed by atoms with E-state index >= 15 is 0 Å². The normalized spacial score (nSPS) is 12.2. The third-order valence-electron chi connectivity index (χ3n) is 2.21. The fraction of sp³-hybridized carbons (Fsp3) is 0.417. The molecule has 1 unspecified atom stereocenters. The van der Waals surface area contributed by atoms with Crippen LogP contribution in [0, 0.1) is 5.82 Å². The van der Waals surface area contributed by atoms with Crippen LogP contribution < -0.4 is 10.6 Å². The molecule has 0 aliphatic heterocycles. The smallest absolute Gasteiger partial charge is 0.251 e. The molecule has 0 spiro atoms. The van der Waals surface area contributed by atoms with Crippen molar-refractivity contribution < 1.29 is 14.3 Å².